The molecule has 1 aromatic carbocycles. The number of carbonyl (C=O) groups is 2. The summed E-state index contributed by atoms with van der Waals surface area (Å²) in [7, 11) is 0. The molecule has 1 unspecified atom stereocenters. The summed E-state index contributed by atoms with van der Waals surface area (Å²) in [4.78, 5) is 22.1. The number of amides is 1. The van der Waals surface area contributed by atoms with E-state index in [1.807, 2.05) is 6.07 Å². The summed E-state index contributed by atoms with van der Waals surface area (Å²) in [6.45, 7) is 1.30. The van der Waals surface area contributed by atoms with E-state index in [0.29, 0.717) is 24.5 Å². The Hall–Kier alpha value is -2.08. The minimum Gasteiger partial charge on any atom is -0.491 e. The van der Waals surface area contributed by atoms with Gasteiger partial charge < -0.3 is 19.9 Å². The van der Waals surface area contributed by atoms with Crippen LogP contribution in [-0.2, 0) is 14.3 Å². The lowest BCUT2D eigenvalue weighted by atomic mass is 10.2. The molecule has 1 aliphatic rings. The van der Waals surface area contributed by atoms with Gasteiger partial charge in [0.1, 0.15) is 12.4 Å². The topological polar surface area (TPSA) is 84.9 Å². The molecule has 6 nitrogen and oxygen atoms in total. The summed E-state index contributed by atoms with van der Waals surface area (Å²) >= 11 is 0. The minimum atomic E-state index is -0.891. The van der Waals surface area contributed by atoms with Gasteiger partial charge in [-0.1, -0.05) is 6.07 Å². The first-order chi connectivity index (χ1) is 10.6. The second kappa shape index (κ2) is 8.38. The van der Waals surface area contributed by atoms with E-state index >= 15 is 0 Å². The second-order valence-electron chi connectivity index (χ2n) is 5.27. The SMILES string of the molecule is O=C(O)CCCC(=O)Nc1cccc(OCC2CCCO2)c1. The van der Waals surface area contributed by atoms with Gasteiger partial charge in [-0.3, -0.25) is 9.59 Å². The molecule has 0 bridgehead atoms. The zero-order valence-electron chi connectivity index (χ0n) is 12.4. The molecule has 1 aliphatic heterocycles. The van der Waals surface area contributed by atoms with Crippen molar-refractivity contribution in [3.05, 3.63) is 24.3 Å². The maximum absolute atomic E-state index is 11.7. The molecule has 22 heavy (non-hydrogen) atoms. The van der Waals surface area contributed by atoms with Crippen molar-refractivity contribution in [1.82, 2.24) is 0 Å². The third-order valence-corrected chi connectivity index (χ3v) is 3.37. The molecule has 120 valence electrons. The Morgan fingerprint density at radius 1 is 1.36 bits per heavy atom. The summed E-state index contributed by atoms with van der Waals surface area (Å²) in [6.07, 6.45) is 2.75. The number of anilines is 1. The molecule has 0 spiro atoms. The van der Waals surface area contributed by atoms with Gasteiger partial charge in [-0.05, 0) is 31.4 Å². The van der Waals surface area contributed by atoms with Gasteiger partial charge in [0.2, 0.25) is 5.91 Å². The molecule has 0 aliphatic carbocycles. The van der Waals surface area contributed by atoms with E-state index in [1.54, 1.807) is 18.2 Å². The predicted molar refractivity (Wildman–Crippen MR) is 81.0 cm³/mol. The molecule has 1 atom stereocenters. The van der Waals surface area contributed by atoms with Crippen molar-refractivity contribution in [1.29, 1.82) is 0 Å². The molecule has 0 saturated carbocycles. The van der Waals surface area contributed by atoms with Gasteiger partial charge in [0.25, 0.3) is 0 Å². The maximum Gasteiger partial charge on any atom is 0.303 e. The van der Waals surface area contributed by atoms with Crippen molar-refractivity contribution in [2.45, 2.75) is 38.2 Å². The number of carboxylic acid groups (broad SMARTS) is 1. The van der Waals surface area contributed by atoms with Crippen LogP contribution >= 0.6 is 0 Å². The van der Waals surface area contributed by atoms with Crippen LogP contribution in [0.4, 0.5) is 5.69 Å². The highest BCUT2D eigenvalue weighted by atomic mass is 16.5. The Bertz CT molecular complexity index is 511. The Morgan fingerprint density at radius 2 is 2.23 bits per heavy atom. The van der Waals surface area contributed by atoms with Gasteiger partial charge in [-0.15, -0.1) is 0 Å². The predicted octanol–water partition coefficient (Wildman–Crippen LogP) is 2.44. The molecular formula is C16H21NO5. The van der Waals surface area contributed by atoms with Crippen molar-refractivity contribution in [3.8, 4) is 5.75 Å². The summed E-state index contributed by atoms with van der Waals surface area (Å²) in [5.74, 6) is -0.409. The van der Waals surface area contributed by atoms with Crippen LogP contribution in [-0.4, -0.2) is 36.3 Å². The standard InChI is InChI=1S/C16H21NO5/c18-15(7-2-8-16(19)20)17-12-4-1-5-13(10-12)22-11-14-6-3-9-21-14/h1,4-5,10,14H,2-3,6-9,11H2,(H,17,18)(H,19,20). The van der Waals surface area contributed by atoms with Crippen molar-refractivity contribution in [2.75, 3.05) is 18.5 Å². The van der Waals surface area contributed by atoms with E-state index in [0.717, 1.165) is 19.4 Å². The molecule has 1 saturated heterocycles. The van der Waals surface area contributed by atoms with E-state index in [2.05, 4.69) is 5.32 Å². The Kier molecular flexibility index (Phi) is 6.21. The lowest BCUT2D eigenvalue weighted by molar-refractivity contribution is -0.137. The van der Waals surface area contributed by atoms with Crippen LogP contribution in [0.3, 0.4) is 0 Å². The van der Waals surface area contributed by atoms with E-state index in [-0.39, 0.29) is 24.9 Å². The summed E-state index contributed by atoms with van der Waals surface area (Å²) in [5, 5.41) is 11.3. The first-order valence-electron chi connectivity index (χ1n) is 7.49. The van der Waals surface area contributed by atoms with Gasteiger partial charge >= 0.3 is 5.97 Å². The number of hydrogen-bond donors (Lipinski definition) is 2. The zero-order valence-corrected chi connectivity index (χ0v) is 12.4. The minimum absolute atomic E-state index is 0.00202. The number of carbonyl (C=O) groups excluding carboxylic acids is 1. The average molecular weight is 307 g/mol. The molecule has 0 radical (unpaired) electrons. The van der Waals surface area contributed by atoms with Crippen LogP contribution < -0.4 is 10.1 Å². The van der Waals surface area contributed by atoms with Crippen LogP contribution in [0.25, 0.3) is 0 Å². The van der Waals surface area contributed by atoms with Crippen molar-refractivity contribution in [2.24, 2.45) is 0 Å². The number of ether oxygens (including phenoxy) is 2. The zero-order chi connectivity index (χ0) is 15.8. The van der Waals surface area contributed by atoms with Crippen LogP contribution in [0, 0.1) is 0 Å². The van der Waals surface area contributed by atoms with E-state index in [1.165, 1.54) is 0 Å². The average Bonchev–Trinajstić information content (AvgIpc) is 2.98. The van der Waals surface area contributed by atoms with Crippen LogP contribution in [0.15, 0.2) is 24.3 Å². The molecule has 1 aromatic rings. The van der Waals surface area contributed by atoms with Crippen molar-refractivity contribution in [3.63, 3.8) is 0 Å². The fourth-order valence-corrected chi connectivity index (χ4v) is 2.25. The highest BCUT2D eigenvalue weighted by Gasteiger charge is 2.16. The third kappa shape index (κ3) is 5.73. The van der Waals surface area contributed by atoms with Gasteiger partial charge in [-0.25, -0.2) is 0 Å². The van der Waals surface area contributed by atoms with Crippen molar-refractivity contribution >= 4 is 17.6 Å². The summed E-state index contributed by atoms with van der Waals surface area (Å²) in [5.41, 5.74) is 0.644. The van der Waals surface area contributed by atoms with Gasteiger partial charge in [0.15, 0.2) is 0 Å². The summed E-state index contributed by atoms with van der Waals surface area (Å²) in [6, 6.07) is 7.16. The highest BCUT2D eigenvalue weighted by molar-refractivity contribution is 5.91. The second-order valence-corrected chi connectivity index (χ2v) is 5.27. The molecular weight excluding hydrogens is 286 g/mol. The van der Waals surface area contributed by atoms with E-state index < -0.39 is 5.97 Å². The first kappa shape index (κ1) is 16.3. The third-order valence-electron chi connectivity index (χ3n) is 3.37. The van der Waals surface area contributed by atoms with Gasteiger partial charge in [-0.2, -0.15) is 0 Å². The molecule has 6 heteroatoms. The molecule has 0 aromatic heterocycles. The molecule has 2 N–H and O–H groups in total. The lowest BCUT2D eigenvalue weighted by Crippen LogP contribution is -2.16. The number of nitrogens with one attached hydrogen (secondary N) is 1. The Labute approximate surface area is 129 Å². The first-order valence-corrected chi connectivity index (χ1v) is 7.49. The smallest absolute Gasteiger partial charge is 0.303 e. The largest absolute Gasteiger partial charge is 0.491 e. The van der Waals surface area contributed by atoms with Crippen molar-refractivity contribution < 1.29 is 24.2 Å². The fraction of sp³-hybridized carbons (Fsp3) is 0.500. The van der Waals surface area contributed by atoms with Crippen LogP contribution in [0.1, 0.15) is 32.1 Å². The number of benzene rings is 1. The Morgan fingerprint density at radius 3 is 2.95 bits per heavy atom. The van der Waals surface area contributed by atoms with Gasteiger partial charge in [0, 0.05) is 31.2 Å². The number of carboxylic acids is 1. The monoisotopic (exact) mass is 307 g/mol. The molecule has 2 rings (SSSR count). The lowest BCUT2D eigenvalue weighted by Gasteiger charge is -2.12. The number of aliphatic carboxylic acids is 1. The molecule has 1 amide bonds. The maximum atomic E-state index is 11.7. The normalized spacial score (nSPS) is 17.2. The Balaban J connectivity index is 1.77. The summed E-state index contributed by atoms with van der Waals surface area (Å²) < 4.78 is 11.2. The van der Waals surface area contributed by atoms with E-state index in [9.17, 15) is 9.59 Å². The fourth-order valence-electron chi connectivity index (χ4n) is 2.25. The number of hydrogen-bond acceptors (Lipinski definition) is 4. The molecule has 1 heterocycles. The van der Waals surface area contributed by atoms with Crippen LogP contribution in [0.2, 0.25) is 0 Å². The van der Waals surface area contributed by atoms with Gasteiger partial charge in [0.05, 0.1) is 6.10 Å². The number of rotatable bonds is 8. The quantitative estimate of drug-likeness (QED) is 0.770. The van der Waals surface area contributed by atoms with E-state index in [4.69, 9.17) is 14.6 Å². The van der Waals surface area contributed by atoms with Crippen LogP contribution in [0.5, 0.6) is 5.75 Å². The molecule has 1 fully saturated rings. The highest BCUT2D eigenvalue weighted by Crippen LogP contribution is 2.20.